The second kappa shape index (κ2) is 4.67. The van der Waals surface area contributed by atoms with Crippen LogP contribution in [0.3, 0.4) is 0 Å². The highest BCUT2D eigenvalue weighted by molar-refractivity contribution is 5.38. The van der Waals surface area contributed by atoms with Crippen molar-refractivity contribution in [1.82, 2.24) is 4.98 Å². The molecule has 0 radical (unpaired) electrons. The fraction of sp³-hybridized carbons (Fsp3) is 0.444. The minimum Gasteiger partial charge on any atom is -0.403 e. The molecule has 3 N–H and O–H groups in total. The molecule has 1 aromatic heterocycles. The third-order valence-corrected chi connectivity index (χ3v) is 1.84. The van der Waals surface area contributed by atoms with E-state index in [9.17, 15) is 13.2 Å². The lowest BCUT2D eigenvalue weighted by atomic mass is 10.1. The van der Waals surface area contributed by atoms with Gasteiger partial charge in [-0.2, -0.15) is 0 Å². The van der Waals surface area contributed by atoms with E-state index in [1.165, 1.54) is 6.07 Å². The molecular weight excluding hydrogens is 225 g/mol. The quantitative estimate of drug-likeness (QED) is 0.828. The van der Waals surface area contributed by atoms with Crippen LogP contribution in [0.1, 0.15) is 17.0 Å². The highest BCUT2D eigenvalue weighted by Gasteiger charge is 2.33. The summed E-state index contributed by atoms with van der Waals surface area (Å²) in [4.78, 5) is 3.75. The zero-order valence-corrected chi connectivity index (χ0v) is 8.51. The molecule has 0 bridgehead atoms. The van der Waals surface area contributed by atoms with E-state index in [4.69, 9.17) is 10.8 Å². The van der Waals surface area contributed by atoms with Gasteiger partial charge in [-0.15, -0.1) is 13.2 Å². The normalized spacial score (nSPS) is 11.6. The second-order valence-corrected chi connectivity index (χ2v) is 3.11. The first kappa shape index (κ1) is 12.7. The Labute approximate surface area is 89.9 Å². The fourth-order valence-electron chi connectivity index (χ4n) is 1.30. The smallest absolute Gasteiger partial charge is 0.403 e. The Morgan fingerprint density at radius 3 is 2.56 bits per heavy atom. The van der Waals surface area contributed by atoms with Crippen LogP contribution in [0.25, 0.3) is 0 Å². The summed E-state index contributed by atoms with van der Waals surface area (Å²) in [5.74, 6) is -0.511. The molecule has 7 heteroatoms. The van der Waals surface area contributed by atoms with Crippen LogP contribution in [-0.2, 0) is 13.2 Å². The fourth-order valence-corrected chi connectivity index (χ4v) is 1.30. The molecule has 1 rings (SSSR count). The van der Waals surface area contributed by atoms with Gasteiger partial charge in [0.05, 0.1) is 6.61 Å². The largest absolute Gasteiger partial charge is 0.573 e. The van der Waals surface area contributed by atoms with Gasteiger partial charge in [0.25, 0.3) is 0 Å². The number of ether oxygens (including phenoxy) is 1. The van der Waals surface area contributed by atoms with Gasteiger partial charge in [-0.1, -0.05) is 0 Å². The molecule has 0 saturated heterocycles. The SMILES string of the molecule is Cc1cc(CN)c(OC(F)(F)F)c(CO)n1. The lowest BCUT2D eigenvalue weighted by molar-refractivity contribution is -0.275. The molecule has 0 fully saturated rings. The van der Waals surface area contributed by atoms with Crippen LogP contribution in [0, 0.1) is 6.92 Å². The van der Waals surface area contributed by atoms with E-state index in [-0.39, 0.29) is 17.8 Å². The topological polar surface area (TPSA) is 68.4 Å². The van der Waals surface area contributed by atoms with Crippen LogP contribution >= 0.6 is 0 Å². The Bertz CT molecular complexity index is 355. The number of rotatable bonds is 3. The molecule has 1 aromatic rings. The third-order valence-electron chi connectivity index (χ3n) is 1.84. The molecule has 0 aromatic carbocycles. The molecule has 0 spiro atoms. The Hall–Kier alpha value is -1.34. The second-order valence-electron chi connectivity index (χ2n) is 3.11. The number of aryl methyl sites for hydroxylation is 1. The van der Waals surface area contributed by atoms with Crippen molar-refractivity contribution in [3.8, 4) is 5.75 Å². The zero-order chi connectivity index (χ0) is 12.3. The highest BCUT2D eigenvalue weighted by atomic mass is 19.4. The Kier molecular flexibility index (Phi) is 3.71. The molecule has 0 saturated carbocycles. The number of pyridine rings is 1. The van der Waals surface area contributed by atoms with Crippen molar-refractivity contribution < 1.29 is 23.0 Å². The van der Waals surface area contributed by atoms with Crippen molar-refractivity contribution in [3.05, 3.63) is 23.0 Å². The van der Waals surface area contributed by atoms with Gasteiger partial charge in [0.2, 0.25) is 0 Å². The number of alkyl halides is 3. The van der Waals surface area contributed by atoms with Crippen molar-refractivity contribution in [2.45, 2.75) is 26.4 Å². The van der Waals surface area contributed by atoms with Crippen LogP contribution in [0.5, 0.6) is 5.75 Å². The average Bonchev–Trinajstić information content (AvgIpc) is 2.18. The van der Waals surface area contributed by atoms with Crippen molar-refractivity contribution in [2.24, 2.45) is 5.73 Å². The predicted octanol–water partition coefficient (Wildman–Crippen LogP) is 1.24. The monoisotopic (exact) mass is 236 g/mol. The van der Waals surface area contributed by atoms with E-state index in [1.807, 2.05) is 0 Å². The summed E-state index contributed by atoms with van der Waals surface area (Å²) in [6, 6.07) is 1.39. The summed E-state index contributed by atoms with van der Waals surface area (Å²) in [6.07, 6.45) is -4.83. The number of aromatic nitrogens is 1. The number of hydrogen-bond acceptors (Lipinski definition) is 4. The molecule has 16 heavy (non-hydrogen) atoms. The highest BCUT2D eigenvalue weighted by Crippen LogP contribution is 2.29. The van der Waals surface area contributed by atoms with Gasteiger partial charge in [-0.05, 0) is 13.0 Å². The molecular formula is C9H11F3N2O2. The first-order chi connectivity index (χ1) is 7.37. The number of aliphatic hydroxyl groups is 1. The zero-order valence-electron chi connectivity index (χ0n) is 8.51. The maximum Gasteiger partial charge on any atom is 0.573 e. The van der Waals surface area contributed by atoms with Crippen LogP contribution in [-0.4, -0.2) is 16.5 Å². The van der Waals surface area contributed by atoms with Crippen LogP contribution in [0.15, 0.2) is 6.07 Å². The van der Waals surface area contributed by atoms with Gasteiger partial charge in [0.1, 0.15) is 5.69 Å². The molecule has 0 unspecified atom stereocenters. The van der Waals surface area contributed by atoms with E-state index in [1.54, 1.807) is 6.92 Å². The predicted molar refractivity (Wildman–Crippen MR) is 49.5 cm³/mol. The first-order valence-electron chi connectivity index (χ1n) is 4.43. The summed E-state index contributed by atoms with van der Waals surface area (Å²) in [5, 5.41) is 8.91. The number of hydrogen-bond donors (Lipinski definition) is 2. The first-order valence-corrected chi connectivity index (χ1v) is 4.43. The van der Waals surface area contributed by atoms with Crippen molar-refractivity contribution >= 4 is 0 Å². The standard InChI is InChI=1S/C9H11F3N2O2/c1-5-2-6(3-13)8(7(4-15)14-5)16-9(10,11)12/h2,15H,3-4,13H2,1H3. The Morgan fingerprint density at radius 1 is 1.50 bits per heavy atom. The number of nitrogens with zero attached hydrogens (tertiary/aromatic N) is 1. The summed E-state index contributed by atoms with van der Waals surface area (Å²) >= 11 is 0. The van der Waals surface area contributed by atoms with Crippen LogP contribution in [0.2, 0.25) is 0 Å². The molecule has 0 aliphatic heterocycles. The lowest BCUT2D eigenvalue weighted by Crippen LogP contribution is -2.20. The average molecular weight is 236 g/mol. The van der Waals surface area contributed by atoms with E-state index in [0.717, 1.165) is 0 Å². The molecule has 1 heterocycles. The van der Waals surface area contributed by atoms with E-state index in [2.05, 4.69) is 9.72 Å². The van der Waals surface area contributed by atoms with Gasteiger partial charge in [-0.25, -0.2) is 0 Å². The molecule has 0 aliphatic carbocycles. The van der Waals surface area contributed by atoms with Crippen LogP contribution < -0.4 is 10.5 Å². The maximum atomic E-state index is 12.1. The van der Waals surface area contributed by atoms with E-state index < -0.39 is 18.7 Å². The van der Waals surface area contributed by atoms with Crippen molar-refractivity contribution in [2.75, 3.05) is 0 Å². The summed E-state index contributed by atoms with van der Waals surface area (Å²) in [5.41, 5.74) is 5.77. The number of halogens is 3. The Morgan fingerprint density at radius 2 is 2.12 bits per heavy atom. The van der Waals surface area contributed by atoms with E-state index in [0.29, 0.717) is 5.69 Å². The third kappa shape index (κ3) is 3.07. The van der Waals surface area contributed by atoms with Crippen molar-refractivity contribution in [3.63, 3.8) is 0 Å². The van der Waals surface area contributed by atoms with Gasteiger partial charge in [-0.3, -0.25) is 4.98 Å². The summed E-state index contributed by atoms with van der Waals surface area (Å²) < 4.78 is 40.1. The Balaban J connectivity index is 3.22. The number of nitrogens with two attached hydrogens (primary N) is 1. The molecule has 0 atom stereocenters. The lowest BCUT2D eigenvalue weighted by Gasteiger charge is -2.15. The van der Waals surface area contributed by atoms with E-state index >= 15 is 0 Å². The molecule has 0 aliphatic rings. The molecule has 0 amide bonds. The van der Waals surface area contributed by atoms with Gasteiger partial charge in [0.15, 0.2) is 5.75 Å². The maximum absolute atomic E-state index is 12.1. The molecule has 4 nitrogen and oxygen atoms in total. The molecule has 90 valence electrons. The van der Waals surface area contributed by atoms with Crippen molar-refractivity contribution in [1.29, 1.82) is 0 Å². The summed E-state index contributed by atoms with van der Waals surface area (Å²) in [6.45, 7) is 0.831. The minimum atomic E-state index is -4.83. The summed E-state index contributed by atoms with van der Waals surface area (Å²) in [7, 11) is 0. The van der Waals surface area contributed by atoms with Crippen LogP contribution in [0.4, 0.5) is 13.2 Å². The number of aliphatic hydroxyl groups excluding tert-OH is 1. The van der Waals surface area contributed by atoms with Gasteiger partial charge < -0.3 is 15.6 Å². The minimum absolute atomic E-state index is 0.123. The van der Waals surface area contributed by atoms with Gasteiger partial charge >= 0.3 is 6.36 Å². The van der Waals surface area contributed by atoms with Gasteiger partial charge in [0, 0.05) is 17.8 Å².